The second-order valence-corrected chi connectivity index (χ2v) is 4.43. The lowest BCUT2D eigenvalue weighted by Gasteiger charge is -2.14. The second kappa shape index (κ2) is 5.71. The average Bonchev–Trinajstić information content (AvgIpc) is 2.38. The summed E-state index contributed by atoms with van der Waals surface area (Å²) in [5.41, 5.74) is 7.47. The van der Waals surface area contributed by atoms with Crippen LogP contribution in [0.2, 0.25) is 0 Å². The first-order valence-electron chi connectivity index (χ1n) is 6.02. The maximum Gasteiger partial charge on any atom is 0.127 e. The van der Waals surface area contributed by atoms with E-state index in [1.54, 1.807) is 30.3 Å². The molecule has 2 aromatic rings. The van der Waals surface area contributed by atoms with E-state index in [0.29, 0.717) is 12.4 Å². The van der Waals surface area contributed by atoms with Crippen molar-refractivity contribution in [3.63, 3.8) is 0 Å². The Balaban J connectivity index is 2.14. The Hall–Kier alpha value is -2.07. The van der Waals surface area contributed by atoms with Crippen molar-refractivity contribution in [2.45, 2.75) is 19.6 Å². The van der Waals surface area contributed by atoms with Gasteiger partial charge in [0.05, 0.1) is 0 Å². The Morgan fingerprint density at radius 2 is 1.89 bits per heavy atom. The second-order valence-electron chi connectivity index (χ2n) is 4.43. The molecule has 1 atom stereocenters. The maximum absolute atomic E-state index is 13.2. The van der Waals surface area contributed by atoms with Crippen molar-refractivity contribution in [1.82, 2.24) is 0 Å². The minimum absolute atomic E-state index is 0.200. The van der Waals surface area contributed by atoms with Gasteiger partial charge in [-0.2, -0.15) is 0 Å². The van der Waals surface area contributed by atoms with Crippen LogP contribution in [0.4, 0.5) is 4.39 Å². The highest BCUT2D eigenvalue weighted by molar-refractivity contribution is 5.36. The van der Waals surface area contributed by atoms with Gasteiger partial charge in [-0.15, -0.1) is 0 Å². The first kappa shape index (κ1) is 13.4. The molecule has 0 amide bonds. The first-order valence-corrected chi connectivity index (χ1v) is 6.02. The summed E-state index contributed by atoms with van der Waals surface area (Å²) in [4.78, 5) is 0. The van der Waals surface area contributed by atoms with Gasteiger partial charge in [-0.05, 0) is 30.7 Å². The lowest BCUT2D eigenvalue weighted by molar-refractivity contribution is 0.299. The van der Waals surface area contributed by atoms with Crippen molar-refractivity contribution in [3.05, 3.63) is 59.4 Å². The highest BCUT2D eigenvalue weighted by Crippen LogP contribution is 2.25. The van der Waals surface area contributed by atoms with E-state index in [2.05, 4.69) is 0 Å². The van der Waals surface area contributed by atoms with E-state index in [1.165, 1.54) is 12.1 Å². The fraction of sp³-hybridized carbons (Fsp3) is 0.200. The first-order chi connectivity index (χ1) is 9.06. The van der Waals surface area contributed by atoms with Crippen LogP contribution < -0.4 is 10.5 Å². The number of phenols is 1. The van der Waals surface area contributed by atoms with Crippen LogP contribution in [0, 0.1) is 5.82 Å². The van der Waals surface area contributed by atoms with Crippen LogP contribution in [0.25, 0.3) is 0 Å². The summed E-state index contributed by atoms with van der Waals surface area (Å²) in [5.74, 6) is 0.291. The van der Waals surface area contributed by atoms with E-state index >= 15 is 0 Å². The number of halogens is 1. The van der Waals surface area contributed by atoms with E-state index in [9.17, 15) is 9.50 Å². The molecule has 2 rings (SSSR count). The Morgan fingerprint density at radius 3 is 2.53 bits per heavy atom. The fourth-order valence-corrected chi connectivity index (χ4v) is 1.76. The van der Waals surface area contributed by atoms with Gasteiger partial charge in [0.25, 0.3) is 0 Å². The topological polar surface area (TPSA) is 55.5 Å². The molecule has 0 heterocycles. The highest BCUT2D eigenvalue weighted by atomic mass is 19.1. The van der Waals surface area contributed by atoms with Gasteiger partial charge in [0.15, 0.2) is 0 Å². The van der Waals surface area contributed by atoms with Crippen LogP contribution in [0.5, 0.6) is 11.5 Å². The number of rotatable bonds is 4. The molecule has 0 fully saturated rings. The monoisotopic (exact) mass is 261 g/mol. The third kappa shape index (κ3) is 3.45. The van der Waals surface area contributed by atoms with Crippen LogP contribution in [0.3, 0.4) is 0 Å². The molecule has 100 valence electrons. The molecule has 0 radical (unpaired) electrons. The standard InChI is InChI=1S/C15H16FNO2/c1-10(17)14-7-4-12(16)8-15(14)19-9-11-2-5-13(18)6-3-11/h2-8,10,18H,9,17H2,1H3. The van der Waals surface area contributed by atoms with Gasteiger partial charge >= 0.3 is 0 Å². The molecular formula is C15H16FNO2. The van der Waals surface area contributed by atoms with Crippen LogP contribution in [-0.2, 0) is 6.61 Å². The fourth-order valence-electron chi connectivity index (χ4n) is 1.76. The lowest BCUT2D eigenvalue weighted by atomic mass is 10.1. The molecule has 0 aliphatic heterocycles. The zero-order chi connectivity index (χ0) is 13.8. The molecule has 0 aliphatic carbocycles. The predicted molar refractivity (Wildman–Crippen MR) is 71.4 cm³/mol. The Kier molecular flexibility index (Phi) is 4.02. The van der Waals surface area contributed by atoms with Crippen molar-refractivity contribution < 1.29 is 14.2 Å². The summed E-state index contributed by atoms with van der Waals surface area (Å²) in [7, 11) is 0. The quantitative estimate of drug-likeness (QED) is 0.889. The molecule has 0 saturated heterocycles. The number of aromatic hydroxyl groups is 1. The molecule has 4 heteroatoms. The van der Waals surface area contributed by atoms with Gasteiger partial charge in [-0.25, -0.2) is 4.39 Å². The summed E-state index contributed by atoms with van der Waals surface area (Å²) in [6, 6.07) is 10.8. The zero-order valence-corrected chi connectivity index (χ0v) is 10.6. The predicted octanol–water partition coefficient (Wildman–Crippen LogP) is 3.13. The van der Waals surface area contributed by atoms with Crippen molar-refractivity contribution in [1.29, 1.82) is 0 Å². The Labute approximate surface area is 111 Å². The molecule has 3 N–H and O–H groups in total. The number of hydrogen-bond donors (Lipinski definition) is 2. The number of nitrogens with two attached hydrogens (primary N) is 1. The van der Waals surface area contributed by atoms with Crippen molar-refractivity contribution in [2.75, 3.05) is 0 Å². The van der Waals surface area contributed by atoms with E-state index in [1.807, 2.05) is 6.92 Å². The summed E-state index contributed by atoms with van der Waals surface area (Å²) >= 11 is 0. The summed E-state index contributed by atoms with van der Waals surface area (Å²) in [5, 5.41) is 9.19. The van der Waals surface area contributed by atoms with Crippen LogP contribution in [0.15, 0.2) is 42.5 Å². The SMILES string of the molecule is CC(N)c1ccc(F)cc1OCc1ccc(O)cc1. The average molecular weight is 261 g/mol. The molecular weight excluding hydrogens is 245 g/mol. The van der Waals surface area contributed by atoms with E-state index in [0.717, 1.165) is 11.1 Å². The van der Waals surface area contributed by atoms with Crippen molar-refractivity contribution in [2.24, 2.45) is 5.73 Å². The van der Waals surface area contributed by atoms with Gasteiger partial charge in [-0.3, -0.25) is 0 Å². The largest absolute Gasteiger partial charge is 0.508 e. The van der Waals surface area contributed by atoms with Crippen LogP contribution in [-0.4, -0.2) is 5.11 Å². The van der Waals surface area contributed by atoms with Gasteiger partial charge in [0.2, 0.25) is 0 Å². The minimum atomic E-state index is -0.356. The zero-order valence-electron chi connectivity index (χ0n) is 10.6. The van der Waals surface area contributed by atoms with Crippen LogP contribution >= 0.6 is 0 Å². The van der Waals surface area contributed by atoms with Gasteiger partial charge in [-0.1, -0.05) is 18.2 Å². The molecule has 0 aliphatic rings. The highest BCUT2D eigenvalue weighted by Gasteiger charge is 2.09. The third-order valence-electron chi connectivity index (χ3n) is 2.80. The van der Waals surface area contributed by atoms with Crippen molar-refractivity contribution in [3.8, 4) is 11.5 Å². The molecule has 0 bridgehead atoms. The Bertz CT molecular complexity index is 553. The van der Waals surface area contributed by atoms with E-state index in [-0.39, 0.29) is 17.6 Å². The lowest BCUT2D eigenvalue weighted by Crippen LogP contribution is -2.08. The van der Waals surface area contributed by atoms with Gasteiger partial charge in [0, 0.05) is 17.7 Å². The Morgan fingerprint density at radius 1 is 1.21 bits per heavy atom. The van der Waals surface area contributed by atoms with Crippen molar-refractivity contribution >= 4 is 0 Å². The summed E-state index contributed by atoms with van der Waals surface area (Å²) in [6.07, 6.45) is 0. The molecule has 19 heavy (non-hydrogen) atoms. The van der Waals surface area contributed by atoms with E-state index in [4.69, 9.17) is 10.5 Å². The minimum Gasteiger partial charge on any atom is -0.508 e. The summed E-state index contributed by atoms with van der Waals surface area (Å²) in [6.45, 7) is 2.12. The maximum atomic E-state index is 13.2. The normalized spacial score (nSPS) is 12.2. The molecule has 2 aromatic carbocycles. The van der Waals surface area contributed by atoms with Gasteiger partial charge in [0.1, 0.15) is 23.9 Å². The number of phenolic OH excluding ortho intramolecular Hbond substituents is 1. The smallest absolute Gasteiger partial charge is 0.127 e. The molecule has 3 nitrogen and oxygen atoms in total. The number of ether oxygens (including phenoxy) is 1. The summed E-state index contributed by atoms with van der Waals surface area (Å²) < 4.78 is 18.8. The third-order valence-corrected chi connectivity index (χ3v) is 2.80. The number of hydrogen-bond acceptors (Lipinski definition) is 3. The molecule has 0 aromatic heterocycles. The molecule has 1 unspecified atom stereocenters. The van der Waals surface area contributed by atoms with E-state index < -0.39 is 0 Å². The molecule has 0 saturated carbocycles. The van der Waals surface area contributed by atoms with Crippen LogP contribution in [0.1, 0.15) is 24.1 Å². The molecule has 0 spiro atoms. The van der Waals surface area contributed by atoms with Gasteiger partial charge < -0.3 is 15.6 Å². The number of benzene rings is 2.